The summed E-state index contributed by atoms with van der Waals surface area (Å²) in [6.07, 6.45) is 1.67. The summed E-state index contributed by atoms with van der Waals surface area (Å²) in [6.45, 7) is 6.41. The van der Waals surface area contributed by atoms with Crippen LogP contribution in [0.2, 0.25) is 0 Å². The Morgan fingerprint density at radius 1 is 1.23 bits per heavy atom. The van der Waals surface area contributed by atoms with Crippen LogP contribution in [0.1, 0.15) is 45.3 Å². The third-order valence-corrected chi connectivity index (χ3v) is 3.84. The molecule has 4 heteroatoms. The average molecular weight is 298 g/mol. The smallest absolute Gasteiger partial charge is 0.410 e. The number of nitrogens with zero attached hydrogens (tertiary/aromatic N) is 2. The second-order valence-corrected chi connectivity index (χ2v) is 6.76. The number of carbonyl (C=O) groups is 1. The number of fused-ring (bicyclic) bond motifs is 1. The van der Waals surface area contributed by atoms with Crippen molar-refractivity contribution in [3.05, 3.63) is 42.1 Å². The second-order valence-electron chi connectivity index (χ2n) is 6.76. The number of hydrogen-bond donors (Lipinski definition) is 0. The molecule has 2 heterocycles. The number of amides is 1. The number of pyridine rings is 1. The van der Waals surface area contributed by atoms with Crippen LogP contribution >= 0.6 is 0 Å². The molecule has 0 spiro atoms. The minimum absolute atomic E-state index is 0.0134. The molecule has 0 aliphatic carbocycles. The molecule has 3 rings (SSSR count). The molecule has 1 fully saturated rings. The van der Waals surface area contributed by atoms with Gasteiger partial charge in [0.1, 0.15) is 5.60 Å². The van der Waals surface area contributed by atoms with E-state index in [4.69, 9.17) is 9.72 Å². The van der Waals surface area contributed by atoms with Gasteiger partial charge in [-0.1, -0.05) is 24.3 Å². The largest absolute Gasteiger partial charge is 0.444 e. The maximum atomic E-state index is 12.4. The zero-order valence-corrected chi connectivity index (χ0v) is 13.4. The molecule has 1 saturated heterocycles. The van der Waals surface area contributed by atoms with Crippen LogP contribution in [0.5, 0.6) is 0 Å². The van der Waals surface area contributed by atoms with Crippen molar-refractivity contribution in [3.8, 4) is 0 Å². The number of benzene rings is 1. The van der Waals surface area contributed by atoms with Crippen molar-refractivity contribution < 1.29 is 9.53 Å². The number of carbonyl (C=O) groups excluding carboxylic acids is 1. The summed E-state index contributed by atoms with van der Waals surface area (Å²) in [5, 5.41) is 1.12. The molecule has 0 saturated carbocycles. The standard InChI is InChI=1S/C18H22N2O2/c1-18(2,3)22-17(21)20-12-6-9-16(20)15-11-10-13-7-4-5-8-14(13)19-15/h4-5,7-8,10-11,16H,6,9,12H2,1-3H3. The minimum Gasteiger partial charge on any atom is -0.444 e. The quantitative estimate of drug-likeness (QED) is 0.788. The van der Waals surface area contributed by atoms with E-state index in [1.807, 2.05) is 56.0 Å². The van der Waals surface area contributed by atoms with Crippen molar-refractivity contribution in [3.63, 3.8) is 0 Å². The van der Waals surface area contributed by atoms with Crippen LogP contribution in [0.25, 0.3) is 10.9 Å². The number of aromatic nitrogens is 1. The van der Waals surface area contributed by atoms with Crippen molar-refractivity contribution in [2.24, 2.45) is 0 Å². The Kier molecular flexibility index (Phi) is 3.77. The first-order chi connectivity index (χ1) is 10.4. The SMILES string of the molecule is CC(C)(C)OC(=O)N1CCCC1c1ccc2ccccc2n1. The van der Waals surface area contributed by atoms with Gasteiger partial charge in [-0.15, -0.1) is 0 Å². The molecule has 1 unspecified atom stereocenters. The second kappa shape index (κ2) is 5.59. The highest BCUT2D eigenvalue weighted by molar-refractivity contribution is 5.78. The average Bonchev–Trinajstić information content (AvgIpc) is 2.94. The van der Waals surface area contributed by atoms with Crippen LogP contribution in [-0.2, 0) is 4.74 Å². The first kappa shape index (κ1) is 14.8. The maximum Gasteiger partial charge on any atom is 0.410 e. The van der Waals surface area contributed by atoms with Crippen molar-refractivity contribution in [2.75, 3.05) is 6.54 Å². The van der Waals surface area contributed by atoms with Crippen LogP contribution in [0.3, 0.4) is 0 Å². The molecule has 2 aromatic rings. The molecular weight excluding hydrogens is 276 g/mol. The molecular formula is C18H22N2O2. The van der Waals surface area contributed by atoms with Crippen LogP contribution in [0.15, 0.2) is 36.4 Å². The van der Waals surface area contributed by atoms with E-state index >= 15 is 0 Å². The number of likely N-dealkylation sites (tertiary alicyclic amines) is 1. The molecule has 1 aliphatic heterocycles. The Hall–Kier alpha value is -2.10. The van der Waals surface area contributed by atoms with E-state index in [9.17, 15) is 4.79 Å². The van der Waals surface area contributed by atoms with Gasteiger partial charge < -0.3 is 4.74 Å². The summed E-state index contributed by atoms with van der Waals surface area (Å²) in [5.41, 5.74) is 1.44. The number of para-hydroxylation sites is 1. The van der Waals surface area contributed by atoms with Gasteiger partial charge in [0.25, 0.3) is 0 Å². The van der Waals surface area contributed by atoms with Crippen LogP contribution in [-0.4, -0.2) is 28.1 Å². The van der Waals surface area contributed by atoms with Crippen molar-refractivity contribution in [1.29, 1.82) is 0 Å². The van der Waals surface area contributed by atoms with E-state index in [2.05, 4.69) is 6.07 Å². The summed E-state index contributed by atoms with van der Waals surface area (Å²) in [4.78, 5) is 18.9. The van der Waals surface area contributed by atoms with E-state index < -0.39 is 5.60 Å². The lowest BCUT2D eigenvalue weighted by Gasteiger charge is -2.28. The van der Waals surface area contributed by atoms with Crippen molar-refractivity contribution in [2.45, 2.75) is 45.3 Å². The van der Waals surface area contributed by atoms with Gasteiger partial charge >= 0.3 is 6.09 Å². The van der Waals surface area contributed by atoms with Crippen LogP contribution < -0.4 is 0 Å². The molecule has 1 aromatic carbocycles. The lowest BCUT2D eigenvalue weighted by molar-refractivity contribution is 0.0221. The summed E-state index contributed by atoms with van der Waals surface area (Å²) >= 11 is 0. The Morgan fingerprint density at radius 3 is 2.77 bits per heavy atom. The van der Waals surface area contributed by atoms with Gasteiger partial charge in [-0.3, -0.25) is 9.88 Å². The molecule has 0 bridgehead atoms. The van der Waals surface area contributed by atoms with Crippen LogP contribution in [0, 0.1) is 0 Å². The summed E-state index contributed by atoms with van der Waals surface area (Å²) < 4.78 is 5.52. The molecule has 1 aromatic heterocycles. The van der Waals surface area contributed by atoms with Gasteiger partial charge in [0.05, 0.1) is 17.3 Å². The highest BCUT2D eigenvalue weighted by Crippen LogP contribution is 2.32. The Bertz CT molecular complexity index is 691. The van der Waals surface area contributed by atoms with Gasteiger partial charge in [-0.05, 0) is 45.7 Å². The molecule has 1 atom stereocenters. The van der Waals surface area contributed by atoms with Gasteiger partial charge in [-0.25, -0.2) is 4.79 Å². The fraction of sp³-hybridized carbons (Fsp3) is 0.444. The highest BCUT2D eigenvalue weighted by Gasteiger charge is 2.33. The lowest BCUT2D eigenvalue weighted by atomic mass is 10.1. The molecule has 116 valence electrons. The van der Waals surface area contributed by atoms with Crippen LogP contribution in [0.4, 0.5) is 4.79 Å². The Morgan fingerprint density at radius 2 is 2.00 bits per heavy atom. The van der Waals surface area contributed by atoms with Crippen molar-refractivity contribution in [1.82, 2.24) is 9.88 Å². The normalized spacial score (nSPS) is 18.7. The highest BCUT2D eigenvalue weighted by atomic mass is 16.6. The third-order valence-electron chi connectivity index (χ3n) is 3.84. The van der Waals surface area contributed by atoms with E-state index in [-0.39, 0.29) is 12.1 Å². The van der Waals surface area contributed by atoms with Gasteiger partial charge in [-0.2, -0.15) is 0 Å². The van der Waals surface area contributed by atoms with Gasteiger partial charge in [0, 0.05) is 11.9 Å². The van der Waals surface area contributed by atoms with E-state index in [1.165, 1.54) is 0 Å². The molecule has 22 heavy (non-hydrogen) atoms. The summed E-state index contributed by atoms with van der Waals surface area (Å²) in [7, 11) is 0. The topological polar surface area (TPSA) is 42.4 Å². The van der Waals surface area contributed by atoms with Gasteiger partial charge in [0.15, 0.2) is 0 Å². The molecule has 1 aliphatic rings. The predicted octanol–water partition coefficient (Wildman–Crippen LogP) is 4.31. The zero-order chi connectivity index (χ0) is 15.7. The van der Waals surface area contributed by atoms with E-state index in [0.717, 1.165) is 36.0 Å². The summed E-state index contributed by atoms with van der Waals surface area (Å²) in [5.74, 6) is 0. The van der Waals surface area contributed by atoms with E-state index in [1.54, 1.807) is 0 Å². The molecule has 1 amide bonds. The number of ether oxygens (including phenoxy) is 1. The predicted molar refractivity (Wildman–Crippen MR) is 86.7 cm³/mol. The lowest BCUT2D eigenvalue weighted by Crippen LogP contribution is -2.36. The fourth-order valence-corrected chi connectivity index (χ4v) is 2.88. The Labute approximate surface area is 131 Å². The maximum absolute atomic E-state index is 12.4. The van der Waals surface area contributed by atoms with Crippen molar-refractivity contribution >= 4 is 17.0 Å². The molecule has 0 radical (unpaired) electrons. The van der Waals surface area contributed by atoms with E-state index in [0.29, 0.717) is 0 Å². The molecule has 0 N–H and O–H groups in total. The number of rotatable bonds is 1. The molecule has 4 nitrogen and oxygen atoms in total. The third kappa shape index (κ3) is 3.06. The minimum atomic E-state index is -0.471. The zero-order valence-electron chi connectivity index (χ0n) is 13.4. The Balaban J connectivity index is 1.86. The fourth-order valence-electron chi connectivity index (χ4n) is 2.88. The monoisotopic (exact) mass is 298 g/mol. The first-order valence-electron chi connectivity index (χ1n) is 7.79. The van der Waals surface area contributed by atoms with Gasteiger partial charge in [0.2, 0.25) is 0 Å². The summed E-state index contributed by atoms with van der Waals surface area (Å²) in [6, 6.07) is 12.2. The first-order valence-corrected chi connectivity index (χ1v) is 7.79. The number of hydrogen-bond acceptors (Lipinski definition) is 3.